The fourth-order valence-corrected chi connectivity index (χ4v) is 2.20. The summed E-state index contributed by atoms with van der Waals surface area (Å²) in [5.74, 6) is 1.27. The quantitative estimate of drug-likeness (QED) is 0.568. The van der Waals surface area contributed by atoms with Gasteiger partial charge in [-0.25, -0.2) is 8.42 Å². The van der Waals surface area contributed by atoms with Gasteiger partial charge in [0.05, 0.1) is 11.5 Å². The summed E-state index contributed by atoms with van der Waals surface area (Å²) in [6.07, 6.45) is 4.12. The molecule has 0 radical (unpaired) electrons. The molecule has 1 aromatic carbocycles. The first-order valence-electron chi connectivity index (χ1n) is 5.53. The van der Waals surface area contributed by atoms with E-state index in [0.717, 1.165) is 19.3 Å². The van der Waals surface area contributed by atoms with Gasteiger partial charge in [0.25, 0.3) is 0 Å². The fourth-order valence-electron chi connectivity index (χ4n) is 1.36. The smallest absolute Gasteiger partial charge is 0.175 e. The second kappa shape index (κ2) is 6.87. The van der Waals surface area contributed by atoms with Crippen LogP contribution in [0.25, 0.3) is 0 Å². The molecule has 0 aliphatic heterocycles. The fraction of sp³-hybridized carbons (Fsp3) is 0.500. The van der Waals surface area contributed by atoms with Gasteiger partial charge in [-0.05, 0) is 37.5 Å². The Bertz CT molecular complexity index is 443. The van der Waals surface area contributed by atoms with E-state index in [1.165, 1.54) is 6.26 Å². The van der Waals surface area contributed by atoms with Gasteiger partial charge in [0.2, 0.25) is 0 Å². The largest absolute Gasteiger partial charge is 0.494 e. The van der Waals surface area contributed by atoms with Gasteiger partial charge in [-0.3, -0.25) is 0 Å². The van der Waals surface area contributed by atoms with Gasteiger partial charge in [0.15, 0.2) is 9.84 Å². The standard InChI is InChI=1S/C12H17ClO3S/c1-17(14,15)12-7-5-6-11(10-12)16-9-4-2-3-8-13/h5-7,10H,2-4,8-9H2,1H3. The second-order valence-electron chi connectivity index (χ2n) is 3.85. The molecule has 0 bridgehead atoms. The monoisotopic (exact) mass is 276 g/mol. The summed E-state index contributed by atoms with van der Waals surface area (Å²) in [6, 6.07) is 6.56. The van der Waals surface area contributed by atoms with Crippen LogP contribution in [0.4, 0.5) is 0 Å². The van der Waals surface area contributed by atoms with Crippen LogP contribution in [-0.2, 0) is 9.84 Å². The minimum atomic E-state index is -3.16. The number of sulfone groups is 1. The Balaban J connectivity index is 2.49. The Kier molecular flexibility index (Phi) is 5.78. The third-order valence-corrected chi connectivity index (χ3v) is 3.66. The highest BCUT2D eigenvalue weighted by Gasteiger charge is 2.07. The molecule has 0 unspecified atom stereocenters. The number of hydrogen-bond acceptors (Lipinski definition) is 3. The number of alkyl halides is 1. The van der Waals surface area contributed by atoms with Crippen molar-refractivity contribution in [1.29, 1.82) is 0 Å². The summed E-state index contributed by atoms with van der Waals surface area (Å²) in [7, 11) is -3.16. The zero-order valence-electron chi connectivity index (χ0n) is 9.86. The molecule has 1 rings (SSSR count). The van der Waals surface area contributed by atoms with Crippen molar-refractivity contribution >= 4 is 21.4 Å². The maximum Gasteiger partial charge on any atom is 0.175 e. The molecule has 0 saturated carbocycles. The van der Waals surface area contributed by atoms with E-state index >= 15 is 0 Å². The van der Waals surface area contributed by atoms with Crippen LogP contribution in [0, 0.1) is 0 Å². The SMILES string of the molecule is CS(=O)(=O)c1cccc(OCCCCCCl)c1. The minimum absolute atomic E-state index is 0.288. The van der Waals surface area contributed by atoms with Gasteiger partial charge in [0.1, 0.15) is 5.75 Å². The molecule has 96 valence electrons. The van der Waals surface area contributed by atoms with E-state index in [0.29, 0.717) is 18.2 Å². The predicted molar refractivity (Wildman–Crippen MR) is 69.6 cm³/mol. The summed E-state index contributed by atoms with van der Waals surface area (Å²) in [5.41, 5.74) is 0. The van der Waals surface area contributed by atoms with Crippen molar-refractivity contribution in [2.24, 2.45) is 0 Å². The Hall–Kier alpha value is -0.740. The van der Waals surface area contributed by atoms with E-state index in [1.807, 2.05) is 0 Å². The molecule has 17 heavy (non-hydrogen) atoms. The van der Waals surface area contributed by atoms with Crippen molar-refractivity contribution in [2.75, 3.05) is 18.7 Å². The molecule has 0 heterocycles. The molecule has 0 saturated heterocycles. The normalized spacial score (nSPS) is 11.4. The van der Waals surface area contributed by atoms with Crippen LogP contribution in [0.2, 0.25) is 0 Å². The summed E-state index contributed by atoms with van der Waals surface area (Å²) in [6.45, 7) is 0.587. The molecule has 0 N–H and O–H groups in total. The Labute approximate surface area is 108 Å². The molecule has 0 atom stereocenters. The van der Waals surface area contributed by atoms with Gasteiger partial charge in [-0.1, -0.05) is 6.07 Å². The average molecular weight is 277 g/mol. The van der Waals surface area contributed by atoms with Gasteiger partial charge < -0.3 is 4.74 Å². The lowest BCUT2D eigenvalue weighted by molar-refractivity contribution is 0.305. The predicted octanol–water partition coefficient (Wildman–Crippen LogP) is 2.88. The number of unbranched alkanes of at least 4 members (excludes halogenated alkanes) is 2. The third-order valence-electron chi connectivity index (χ3n) is 2.28. The highest BCUT2D eigenvalue weighted by Crippen LogP contribution is 2.17. The van der Waals surface area contributed by atoms with Gasteiger partial charge in [-0.15, -0.1) is 11.6 Å². The highest BCUT2D eigenvalue weighted by atomic mass is 35.5. The van der Waals surface area contributed by atoms with Crippen molar-refractivity contribution in [3.63, 3.8) is 0 Å². The zero-order valence-corrected chi connectivity index (χ0v) is 11.4. The van der Waals surface area contributed by atoms with Crippen LogP contribution in [0.3, 0.4) is 0 Å². The van der Waals surface area contributed by atoms with Crippen LogP contribution < -0.4 is 4.74 Å². The van der Waals surface area contributed by atoms with Crippen LogP contribution in [0.15, 0.2) is 29.2 Å². The Morgan fingerprint density at radius 2 is 2.00 bits per heavy atom. The number of rotatable bonds is 7. The van der Waals surface area contributed by atoms with Crippen molar-refractivity contribution in [3.8, 4) is 5.75 Å². The second-order valence-corrected chi connectivity index (χ2v) is 6.24. The van der Waals surface area contributed by atoms with E-state index < -0.39 is 9.84 Å². The van der Waals surface area contributed by atoms with Crippen molar-refractivity contribution in [2.45, 2.75) is 24.2 Å². The molecule has 0 spiro atoms. The van der Waals surface area contributed by atoms with Crippen LogP contribution >= 0.6 is 11.6 Å². The summed E-state index contributed by atoms with van der Waals surface area (Å²) >= 11 is 5.56. The van der Waals surface area contributed by atoms with Gasteiger partial charge >= 0.3 is 0 Å². The summed E-state index contributed by atoms with van der Waals surface area (Å²) < 4.78 is 28.1. The number of benzene rings is 1. The van der Waals surface area contributed by atoms with Crippen LogP contribution in [0.5, 0.6) is 5.75 Å². The third kappa shape index (κ3) is 5.41. The Morgan fingerprint density at radius 1 is 1.24 bits per heavy atom. The molecule has 3 nitrogen and oxygen atoms in total. The highest BCUT2D eigenvalue weighted by molar-refractivity contribution is 7.90. The molecule has 0 fully saturated rings. The van der Waals surface area contributed by atoms with E-state index in [9.17, 15) is 8.42 Å². The van der Waals surface area contributed by atoms with Crippen molar-refractivity contribution in [3.05, 3.63) is 24.3 Å². The maximum atomic E-state index is 11.3. The minimum Gasteiger partial charge on any atom is -0.494 e. The Morgan fingerprint density at radius 3 is 2.65 bits per heavy atom. The first-order chi connectivity index (χ1) is 8.04. The van der Waals surface area contributed by atoms with E-state index in [4.69, 9.17) is 16.3 Å². The molecular formula is C12H17ClO3S. The lowest BCUT2D eigenvalue weighted by Gasteiger charge is -2.07. The first kappa shape index (κ1) is 14.3. The lowest BCUT2D eigenvalue weighted by Crippen LogP contribution is -2.00. The zero-order chi connectivity index (χ0) is 12.7. The first-order valence-corrected chi connectivity index (χ1v) is 7.95. The lowest BCUT2D eigenvalue weighted by atomic mass is 10.3. The molecule has 0 aliphatic carbocycles. The van der Waals surface area contributed by atoms with E-state index in [2.05, 4.69) is 0 Å². The van der Waals surface area contributed by atoms with Crippen LogP contribution in [0.1, 0.15) is 19.3 Å². The van der Waals surface area contributed by atoms with Gasteiger partial charge in [-0.2, -0.15) is 0 Å². The van der Waals surface area contributed by atoms with Crippen molar-refractivity contribution in [1.82, 2.24) is 0 Å². The number of halogens is 1. The molecule has 0 amide bonds. The van der Waals surface area contributed by atoms with Crippen molar-refractivity contribution < 1.29 is 13.2 Å². The van der Waals surface area contributed by atoms with E-state index in [-0.39, 0.29) is 4.90 Å². The van der Waals surface area contributed by atoms with Crippen LogP contribution in [-0.4, -0.2) is 27.2 Å². The maximum absolute atomic E-state index is 11.3. The number of hydrogen-bond donors (Lipinski definition) is 0. The average Bonchev–Trinajstić information content (AvgIpc) is 2.28. The van der Waals surface area contributed by atoms with E-state index in [1.54, 1.807) is 24.3 Å². The van der Waals surface area contributed by atoms with Gasteiger partial charge in [0, 0.05) is 12.1 Å². The molecule has 1 aromatic rings. The molecule has 0 aromatic heterocycles. The molecule has 0 aliphatic rings. The molecule has 5 heteroatoms. The summed E-state index contributed by atoms with van der Waals surface area (Å²) in [5, 5.41) is 0. The number of ether oxygens (including phenoxy) is 1. The summed E-state index contributed by atoms with van der Waals surface area (Å²) in [4.78, 5) is 0.288. The topological polar surface area (TPSA) is 43.4 Å². The molecular weight excluding hydrogens is 260 g/mol.